The zero-order valence-electron chi connectivity index (χ0n) is 14.7. The fraction of sp³-hybridized carbons (Fsp3) is 0.526. The van der Waals surface area contributed by atoms with Crippen LogP contribution in [0.3, 0.4) is 0 Å². The van der Waals surface area contributed by atoms with E-state index < -0.39 is 5.97 Å². The van der Waals surface area contributed by atoms with Gasteiger partial charge in [0.15, 0.2) is 0 Å². The molecule has 7 heteroatoms. The van der Waals surface area contributed by atoms with Crippen molar-refractivity contribution in [1.82, 2.24) is 10.2 Å². The monoisotopic (exact) mass is 359 g/mol. The van der Waals surface area contributed by atoms with E-state index in [2.05, 4.69) is 10.6 Å². The average Bonchev–Trinajstić information content (AvgIpc) is 3.43. The molecule has 1 heterocycles. The SMILES string of the molecule is O=C(O)CCC1CCCN(C(=O)c2cccc(NC(=O)NC3CC3)c2)C1. The third-order valence-electron chi connectivity index (χ3n) is 4.85. The van der Waals surface area contributed by atoms with Crippen LogP contribution in [-0.2, 0) is 4.79 Å². The molecule has 140 valence electrons. The van der Waals surface area contributed by atoms with Gasteiger partial charge < -0.3 is 20.6 Å². The number of carbonyl (C=O) groups excluding carboxylic acids is 2. The van der Waals surface area contributed by atoms with Gasteiger partial charge in [0.1, 0.15) is 0 Å². The van der Waals surface area contributed by atoms with Gasteiger partial charge in [-0.25, -0.2) is 4.79 Å². The van der Waals surface area contributed by atoms with E-state index in [1.54, 1.807) is 29.2 Å². The fourth-order valence-electron chi connectivity index (χ4n) is 3.31. The van der Waals surface area contributed by atoms with Gasteiger partial charge in [-0.2, -0.15) is 0 Å². The predicted octanol–water partition coefficient (Wildman–Crippen LogP) is 2.69. The maximum Gasteiger partial charge on any atom is 0.319 e. The summed E-state index contributed by atoms with van der Waals surface area (Å²) < 4.78 is 0. The molecule has 0 bridgehead atoms. The molecule has 1 saturated heterocycles. The summed E-state index contributed by atoms with van der Waals surface area (Å²) in [6, 6.07) is 6.98. The first-order chi connectivity index (χ1) is 12.5. The predicted molar refractivity (Wildman–Crippen MR) is 97.1 cm³/mol. The van der Waals surface area contributed by atoms with Crippen LogP contribution in [-0.4, -0.2) is 47.0 Å². The second-order valence-corrected chi connectivity index (χ2v) is 7.15. The number of nitrogens with one attached hydrogen (secondary N) is 2. The van der Waals surface area contributed by atoms with Crippen LogP contribution in [0.15, 0.2) is 24.3 Å². The van der Waals surface area contributed by atoms with Crippen molar-refractivity contribution in [2.75, 3.05) is 18.4 Å². The highest BCUT2D eigenvalue weighted by Gasteiger charge is 2.25. The Bertz CT molecular complexity index is 687. The summed E-state index contributed by atoms with van der Waals surface area (Å²) in [6.45, 7) is 1.27. The third-order valence-corrected chi connectivity index (χ3v) is 4.85. The van der Waals surface area contributed by atoms with Gasteiger partial charge in [-0.3, -0.25) is 9.59 Å². The largest absolute Gasteiger partial charge is 0.481 e. The van der Waals surface area contributed by atoms with Crippen molar-refractivity contribution in [3.8, 4) is 0 Å². The van der Waals surface area contributed by atoms with Crippen molar-refractivity contribution < 1.29 is 19.5 Å². The zero-order chi connectivity index (χ0) is 18.5. The summed E-state index contributed by atoms with van der Waals surface area (Å²) in [5.74, 6) is -0.637. The topological polar surface area (TPSA) is 98.7 Å². The molecular weight excluding hydrogens is 334 g/mol. The van der Waals surface area contributed by atoms with Crippen molar-refractivity contribution in [3.63, 3.8) is 0 Å². The van der Waals surface area contributed by atoms with Gasteiger partial charge in [0.05, 0.1) is 0 Å². The Labute approximate surface area is 152 Å². The fourth-order valence-corrected chi connectivity index (χ4v) is 3.31. The lowest BCUT2D eigenvalue weighted by molar-refractivity contribution is -0.137. The first kappa shape index (κ1) is 18.2. The Balaban J connectivity index is 1.58. The molecule has 1 aromatic rings. The first-order valence-electron chi connectivity index (χ1n) is 9.20. The van der Waals surface area contributed by atoms with E-state index in [0.29, 0.717) is 30.8 Å². The summed E-state index contributed by atoms with van der Waals surface area (Å²) in [6.07, 6.45) is 4.62. The highest BCUT2D eigenvalue weighted by Crippen LogP contribution is 2.23. The van der Waals surface area contributed by atoms with E-state index in [1.165, 1.54) is 0 Å². The van der Waals surface area contributed by atoms with Gasteiger partial charge >= 0.3 is 12.0 Å². The highest BCUT2D eigenvalue weighted by atomic mass is 16.4. The summed E-state index contributed by atoms with van der Waals surface area (Å²) in [5, 5.41) is 14.5. The Morgan fingerprint density at radius 1 is 1.19 bits per heavy atom. The number of piperidine rings is 1. The molecule has 26 heavy (non-hydrogen) atoms. The minimum absolute atomic E-state index is 0.0729. The van der Waals surface area contributed by atoms with Gasteiger partial charge in [-0.1, -0.05) is 6.07 Å². The maximum atomic E-state index is 12.8. The van der Waals surface area contributed by atoms with Crippen molar-refractivity contribution >= 4 is 23.6 Å². The van der Waals surface area contributed by atoms with E-state index >= 15 is 0 Å². The summed E-state index contributed by atoms with van der Waals surface area (Å²) in [4.78, 5) is 37.2. The number of carboxylic acid groups (broad SMARTS) is 1. The minimum atomic E-state index is -0.795. The molecule has 0 aromatic heterocycles. The molecule has 1 atom stereocenters. The zero-order valence-corrected chi connectivity index (χ0v) is 14.7. The van der Waals surface area contributed by atoms with E-state index in [1.807, 2.05) is 0 Å². The number of anilines is 1. The van der Waals surface area contributed by atoms with Crippen LogP contribution < -0.4 is 10.6 Å². The van der Waals surface area contributed by atoms with E-state index in [9.17, 15) is 14.4 Å². The number of likely N-dealkylation sites (tertiary alicyclic amines) is 1. The molecule has 2 aliphatic rings. The van der Waals surface area contributed by atoms with Crippen LogP contribution in [0.5, 0.6) is 0 Å². The lowest BCUT2D eigenvalue weighted by Gasteiger charge is -2.32. The summed E-state index contributed by atoms with van der Waals surface area (Å²) >= 11 is 0. The number of carboxylic acids is 1. The first-order valence-corrected chi connectivity index (χ1v) is 9.20. The van der Waals surface area contributed by atoms with Crippen LogP contribution in [0.4, 0.5) is 10.5 Å². The van der Waals surface area contributed by atoms with E-state index in [0.717, 1.165) is 25.7 Å². The van der Waals surface area contributed by atoms with Crippen LogP contribution in [0.25, 0.3) is 0 Å². The highest BCUT2D eigenvalue weighted by molar-refractivity contribution is 5.97. The second kappa shape index (κ2) is 8.21. The number of amides is 3. The third kappa shape index (κ3) is 5.21. The van der Waals surface area contributed by atoms with Gasteiger partial charge in [0, 0.05) is 36.8 Å². The normalized spacial score (nSPS) is 19.7. The quantitative estimate of drug-likeness (QED) is 0.727. The molecule has 3 rings (SSSR count). The standard InChI is InChI=1S/C19H25N3O4/c23-17(24)9-6-13-3-2-10-22(12-13)18(25)14-4-1-5-16(11-14)21-19(26)20-15-7-8-15/h1,4-5,11,13,15H,2-3,6-10,12H2,(H,23,24)(H2,20,21,26). The minimum Gasteiger partial charge on any atom is -0.481 e. The Hall–Kier alpha value is -2.57. The second-order valence-electron chi connectivity index (χ2n) is 7.15. The number of benzene rings is 1. The molecule has 3 N–H and O–H groups in total. The van der Waals surface area contributed by atoms with E-state index in [-0.39, 0.29) is 30.3 Å². The Morgan fingerprint density at radius 3 is 2.73 bits per heavy atom. The number of hydrogen-bond acceptors (Lipinski definition) is 3. The summed E-state index contributed by atoms with van der Waals surface area (Å²) in [7, 11) is 0. The van der Waals surface area contributed by atoms with Crippen LogP contribution >= 0.6 is 0 Å². The number of urea groups is 1. The van der Waals surface area contributed by atoms with E-state index in [4.69, 9.17) is 5.11 Å². The molecule has 1 aliphatic carbocycles. The molecule has 0 spiro atoms. The van der Waals surface area contributed by atoms with Crippen LogP contribution in [0, 0.1) is 5.92 Å². The smallest absolute Gasteiger partial charge is 0.319 e. The molecule has 1 aliphatic heterocycles. The van der Waals surface area contributed by atoms with Crippen molar-refractivity contribution in [3.05, 3.63) is 29.8 Å². The van der Waals surface area contributed by atoms with Crippen molar-refractivity contribution in [2.24, 2.45) is 5.92 Å². The molecule has 1 saturated carbocycles. The van der Waals surface area contributed by atoms with Gasteiger partial charge in [-0.05, 0) is 56.2 Å². The van der Waals surface area contributed by atoms with Gasteiger partial charge in [0.25, 0.3) is 5.91 Å². The maximum absolute atomic E-state index is 12.8. The molecule has 2 fully saturated rings. The lowest BCUT2D eigenvalue weighted by Crippen LogP contribution is -2.40. The number of nitrogens with zero attached hydrogens (tertiary/aromatic N) is 1. The molecule has 1 unspecified atom stereocenters. The number of rotatable bonds is 6. The lowest BCUT2D eigenvalue weighted by atomic mass is 9.93. The summed E-state index contributed by atoms with van der Waals surface area (Å²) in [5.41, 5.74) is 1.13. The van der Waals surface area contributed by atoms with Gasteiger partial charge in [-0.15, -0.1) is 0 Å². The molecule has 1 aromatic carbocycles. The molecule has 3 amide bonds. The Morgan fingerprint density at radius 2 is 2.00 bits per heavy atom. The number of aliphatic carboxylic acids is 1. The number of hydrogen-bond donors (Lipinski definition) is 3. The number of carbonyl (C=O) groups is 3. The van der Waals surface area contributed by atoms with Crippen LogP contribution in [0.2, 0.25) is 0 Å². The van der Waals surface area contributed by atoms with Crippen LogP contribution in [0.1, 0.15) is 48.9 Å². The van der Waals surface area contributed by atoms with Gasteiger partial charge in [0.2, 0.25) is 0 Å². The van der Waals surface area contributed by atoms with Crippen molar-refractivity contribution in [2.45, 2.75) is 44.6 Å². The Kier molecular flexibility index (Phi) is 5.75. The molecule has 0 radical (unpaired) electrons. The average molecular weight is 359 g/mol. The van der Waals surface area contributed by atoms with Crippen molar-refractivity contribution in [1.29, 1.82) is 0 Å². The molecule has 7 nitrogen and oxygen atoms in total. The molecular formula is C19H25N3O4.